The number of ether oxygens (including phenoxy) is 1. The van der Waals surface area contributed by atoms with Gasteiger partial charge in [-0.05, 0) is 37.2 Å². The lowest BCUT2D eigenvalue weighted by Gasteiger charge is -2.01. The molecule has 0 radical (unpaired) electrons. The van der Waals surface area contributed by atoms with Crippen LogP contribution in [-0.4, -0.2) is 34.9 Å². The summed E-state index contributed by atoms with van der Waals surface area (Å²) in [6.45, 7) is 4.05. The minimum Gasteiger partial charge on any atom is -0.382 e. The molecule has 1 aromatic carbocycles. The van der Waals surface area contributed by atoms with Gasteiger partial charge in [-0.15, -0.1) is 10.2 Å². The van der Waals surface area contributed by atoms with Gasteiger partial charge in [-0.3, -0.25) is 10.1 Å². The van der Waals surface area contributed by atoms with Crippen LogP contribution in [-0.2, 0) is 4.74 Å². The van der Waals surface area contributed by atoms with E-state index in [-0.39, 0.29) is 11.3 Å². The standard InChI is InChI=1S/C14H15N5O3S2/c1-2-22-7-3-6-16-13-17-18-14(24-13)23-12-5-4-10(9-15)8-11(12)19(20)21/h4-5,8H,2-3,6-7H2,1H3,(H,16,17). The van der Waals surface area contributed by atoms with Crippen LogP contribution >= 0.6 is 23.1 Å². The van der Waals surface area contributed by atoms with Crippen LogP contribution in [0.25, 0.3) is 0 Å². The summed E-state index contributed by atoms with van der Waals surface area (Å²) in [5.41, 5.74) is 0.139. The SMILES string of the molecule is CCOCCCNc1nnc(Sc2ccc(C#N)cc2[N+](=O)[O-])s1. The molecular weight excluding hydrogens is 350 g/mol. The molecule has 10 heteroatoms. The molecule has 1 heterocycles. The zero-order chi connectivity index (χ0) is 17.4. The van der Waals surface area contributed by atoms with Gasteiger partial charge in [0.05, 0.1) is 21.5 Å². The summed E-state index contributed by atoms with van der Waals surface area (Å²) >= 11 is 2.48. The Balaban J connectivity index is 1.99. The van der Waals surface area contributed by atoms with Crippen LogP contribution in [0.1, 0.15) is 18.9 Å². The van der Waals surface area contributed by atoms with Crippen molar-refractivity contribution < 1.29 is 9.66 Å². The fourth-order valence-electron chi connectivity index (χ4n) is 1.75. The van der Waals surface area contributed by atoms with Gasteiger partial charge in [-0.1, -0.05) is 11.3 Å². The van der Waals surface area contributed by atoms with Gasteiger partial charge in [0.15, 0.2) is 4.34 Å². The number of hydrogen-bond donors (Lipinski definition) is 1. The molecule has 0 atom stereocenters. The highest BCUT2D eigenvalue weighted by Crippen LogP contribution is 2.37. The van der Waals surface area contributed by atoms with Crippen molar-refractivity contribution in [2.75, 3.05) is 25.1 Å². The first-order valence-electron chi connectivity index (χ1n) is 7.15. The monoisotopic (exact) mass is 365 g/mol. The molecule has 8 nitrogen and oxygen atoms in total. The fourth-order valence-corrected chi connectivity index (χ4v) is 3.57. The fraction of sp³-hybridized carbons (Fsp3) is 0.357. The van der Waals surface area contributed by atoms with Crippen molar-refractivity contribution >= 4 is 33.9 Å². The van der Waals surface area contributed by atoms with E-state index in [1.165, 1.54) is 17.4 Å². The Labute approximate surface area is 147 Å². The molecule has 0 saturated heterocycles. The molecule has 0 unspecified atom stereocenters. The minimum atomic E-state index is -0.503. The van der Waals surface area contributed by atoms with Crippen molar-refractivity contribution in [1.29, 1.82) is 5.26 Å². The maximum atomic E-state index is 11.1. The molecular formula is C14H15N5O3S2. The highest BCUT2D eigenvalue weighted by atomic mass is 32.2. The van der Waals surface area contributed by atoms with E-state index in [1.807, 2.05) is 13.0 Å². The number of nitro benzene ring substituents is 1. The van der Waals surface area contributed by atoms with E-state index in [4.69, 9.17) is 10.00 Å². The van der Waals surface area contributed by atoms with Crippen LogP contribution in [0, 0.1) is 21.4 Å². The molecule has 0 spiro atoms. The first-order valence-corrected chi connectivity index (χ1v) is 8.79. The van der Waals surface area contributed by atoms with Gasteiger partial charge in [0.2, 0.25) is 5.13 Å². The van der Waals surface area contributed by atoms with E-state index in [9.17, 15) is 10.1 Å². The van der Waals surface area contributed by atoms with Crippen LogP contribution in [0.4, 0.5) is 10.8 Å². The van der Waals surface area contributed by atoms with Crippen molar-refractivity contribution in [3.63, 3.8) is 0 Å². The molecule has 2 rings (SSSR count). The number of nitrogens with one attached hydrogen (secondary N) is 1. The quantitative estimate of drug-likeness (QED) is 0.409. The molecule has 126 valence electrons. The van der Waals surface area contributed by atoms with Crippen molar-refractivity contribution in [2.24, 2.45) is 0 Å². The number of rotatable bonds is 9. The summed E-state index contributed by atoms with van der Waals surface area (Å²) < 4.78 is 5.84. The van der Waals surface area contributed by atoms with Gasteiger partial charge in [0, 0.05) is 25.8 Å². The number of hydrogen-bond acceptors (Lipinski definition) is 9. The van der Waals surface area contributed by atoms with Gasteiger partial charge >= 0.3 is 0 Å². The maximum absolute atomic E-state index is 11.1. The smallest absolute Gasteiger partial charge is 0.284 e. The first kappa shape index (κ1) is 18.1. The molecule has 24 heavy (non-hydrogen) atoms. The van der Waals surface area contributed by atoms with E-state index < -0.39 is 4.92 Å². The second-order valence-corrected chi connectivity index (χ2v) is 6.77. The zero-order valence-corrected chi connectivity index (χ0v) is 14.5. The Kier molecular flexibility index (Phi) is 6.92. The highest BCUT2D eigenvalue weighted by molar-refractivity contribution is 8.01. The molecule has 0 aliphatic heterocycles. The Bertz CT molecular complexity index is 744. The third kappa shape index (κ3) is 5.16. The Morgan fingerprint density at radius 2 is 2.33 bits per heavy atom. The number of benzene rings is 1. The first-order chi connectivity index (χ1) is 11.6. The lowest BCUT2D eigenvalue weighted by Crippen LogP contribution is -2.05. The van der Waals surface area contributed by atoms with E-state index in [1.54, 1.807) is 12.1 Å². The maximum Gasteiger partial charge on any atom is 0.284 e. The van der Waals surface area contributed by atoms with Crippen molar-refractivity contribution in [2.45, 2.75) is 22.6 Å². The summed E-state index contributed by atoms with van der Waals surface area (Å²) in [4.78, 5) is 11.1. The summed E-state index contributed by atoms with van der Waals surface area (Å²) in [5.74, 6) is 0. The lowest BCUT2D eigenvalue weighted by molar-refractivity contribution is -0.387. The summed E-state index contributed by atoms with van der Waals surface area (Å²) in [5, 5.41) is 31.8. The van der Waals surface area contributed by atoms with Crippen LogP contribution in [0.3, 0.4) is 0 Å². The third-order valence-electron chi connectivity index (χ3n) is 2.83. The molecule has 0 aliphatic carbocycles. The highest BCUT2D eigenvalue weighted by Gasteiger charge is 2.17. The molecule has 0 bridgehead atoms. The molecule has 1 aromatic heterocycles. The number of anilines is 1. The van der Waals surface area contributed by atoms with Crippen molar-refractivity contribution in [3.05, 3.63) is 33.9 Å². The summed E-state index contributed by atoms with van der Waals surface area (Å²) in [6, 6.07) is 6.25. The lowest BCUT2D eigenvalue weighted by atomic mass is 10.2. The van der Waals surface area contributed by atoms with Crippen LogP contribution in [0.5, 0.6) is 0 Å². The number of aromatic nitrogens is 2. The average molecular weight is 365 g/mol. The number of nitrogens with zero attached hydrogens (tertiary/aromatic N) is 4. The Hall–Kier alpha value is -2.22. The topological polar surface area (TPSA) is 114 Å². The van der Waals surface area contributed by atoms with E-state index in [2.05, 4.69) is 15.5 Å². The second kappa shape index (κ2) is 9.17. The van der Waals surface area contributed by atoms with Crippen LogP contribution in [0.15, 0.2) is 27.4 Å². The largest absolute Gasteiger partial charge is 0.382 e. The summed E-state index contributed by atoms with van der Waals surface area (Å²) in [7, 11) is 0. The molecule has 0 fully saturated rings. The van der Waals surface area contributed by atoms with Gasteiger partial charge in [0.1, 0.15) is 0 Å². The van der Waals surface area contributed by atoms with Gasteiger partial charge in [-0.2, -0.15) is 5.26 Å². The van der Waals surface area contributed by atoms with E-state index in [0.29, 0.717) is 27.6 Å². The van der Waals surface area contributed by atoms with Gasteiger partial charge in [0.25, 0.3) is 5.69 Å². The minimum absolute atomic E-state index is 0.111. The third-order valence-corrected chi connectivity index (χ3v) is 4.83. The molecule has 0 amide bonds. The van der Waals surface area contributed by atoms with Crippen molar-refractivity contribution in [1.82, 2.24) is 10.2 Å². The molecule has 2 aromatic rings. The molecule has 0 saturated carbocycles. The Morgan fingerprint density at radius 1 is 1.50 bits per heavy atom. The van der Waals surface area contributed by atoms with Crippen LogP contribution < -0.4 is 5.32 Å². The molecule has 1 N–H and O–H groups in total. The zero-order valence-electron chi connectivity index (χ0n) is 12.9. The molecule has 0 aliphatic rings. The van der Waals surface area contributed by atoms with Gasteiger partial charge in [-0.25, -0.2) is 0 Å². The summed E-state index contributed by atoms with van der Waals surface area (Å²) in [6.07, 6.45) is 0.858. The average Bonchev–Trinajstić information content (AvgIpc) is 3.02. The predicted molar refractivity (Wildman–Crippen MR) is 91.4 cm³/mol. The van der Waals surface area contributed by atoms with E-state index in [0.717, 1.165) is 24.7 Å². The normalized spacial score (nSPS) is 10.3. The number of nitriles is 1. The van der Waals surface area contributed by atoms with Gasteiger partial charge < -0.3 is 10.1 Å². The number of nitro groups is 1. The Morgan fingerprint density at radius 3 is 3.04 bits per heavy atom. The van der Waals surface area contributed by atoms with Crippen LogP contribution in [0.2, 0.25) is 0 Å². The second-order valence-electron chi connectivity index (χ2n) is 4.50. The van der Waals surface area contributed by atoms with E-state index >= 15 is 0 Å². The van der Waals surface area contributed by atoms with Crippen molar-refractivity contribution in [3.8, 4) is 6.07 Å². The predicted octanol–water partition coefficient (Wildman–Crippen LogP) is 3.31.